The zero-order valence-corrected chi connectivity index (χ0v) is 22.7. The molecule has 2 aromatic heterocycles. The summed E-state index contributed by atoms with van der Waals surface area (Å²) in [4.78, 5) is 19.9. The zero-order valence-electron chi connectivity index (χ0n) is 21.9. The Balaban J connectivity index is 2.04. The Kier molecular flexibility index (Phi) is 8.01. The average molecular weight is 554 g/mol. The van der Waals surface area contributed by atoms with E-state index in [-0.39, 0.29) is 45.8 Å². The summed E-state index contributed by atoms with van der Waals surface area (Å²) in [5.41, 5.74) is -0.431. The number of aromatic nitrogens is 3. The van der Waals surface area contributed by atoms with Crippen LogP contribution in [0.15, 0.2) is 75.4 Å². The molecule has 1 N–H and O–H groups in total. The molecule has 0 aliphatic carbocycles. The topological polar surface area (TPSA) is 121 Å². The number of methoxy groups -OCH3 is 2. The van der Waals surface area contributed by atoms with Crippen molar-refractivity contribution in [3.63, 3.8) is 0 Å². The van der Waals surface area contributed by atoms with Crippen LogP contribution in [0.25, 0.3) is 16.8 Å². The summed E-state index contributed by atoms with van der Waals surface area (Å²) in [5, 5.41) is 11.6. The molecule has 0 saturated heterocycles. The van der Waals surface area contributed by atoms with E-state index in [1.54, 1.807) is 24.3 Å². The maximum Gasteiger partial charge on any atom is 0.296 e. The van der Waals surface area contributed by atoms with Crippen LogP contribution < -0.4 is 15.0 Å². The van der Waals surface area contributed by atoms with Crippen LogP contribution in [0.4, 0.5) is 4.39 Å². The Morgan fingerprint density at radius 1 is 1.00 bits per heavy atom. The van der Waals surface area contributed by atoms with Gasteiger partial charge in [0.15, 0.2) is 4.90 Å². The van der Waals surface area contributed by atoms with Crippen molar-refractivity contribution in [1.29, 1.82) is 0 Å². The van der Waals surface area contributed by atoms with E-state index in [0.717, 1.165) is 6.07 Å². The summed E-state index contributed by atoms with van der Waals surface area (Å²) in [5.74, 6) is -0.653. The third kappa shape index (κ3) is 5.35. The molecule has 0 spiro atoms. The van der Waals surface area contributed by atoms with Crippen LogP contribution in [-0.4, -0.2) is 42.3 Å². The predicted octanol–water partition coefficient (Wildman–Crippen LogP) is 4.58. The van der Waals surface area contributed by atoms with E-state index in [2.05, 4.69) is 9.97 Å². The molecular weight excluding hydrogens is 525 g/mol. The van der Waals surface area contributed by atoms with Crippen molar-refractivity contribution in [2.75, 3.05) is 14.2 Å². The van der Waals surface area contributed by atoms with Crippen molar-refractivity contribution in [2.45, 2.75) is 36.5 Å². The minimum atomic E-state index is -4.66. The molecule has 0 amide bonds. The number of para-hydroxylation sites is 1. The number of ether oxygens (including phenoxy) is 2. The van der Waals surface area contributed by atoms with Gasteiger partial charge in [0, 0.05) is 23.7 Å². The number of benzene rings is 2. The molecule has 4 aromatic rings. The molecular formula is C28H28FN3O6S. The van der Waals surface area contributed by atoms with Crippen LogP contribution in [0.2, 0.25) is 0 Å². The molecule has 0 bridgehead atoms. The molecule has 0 saturated carbocycles. The van der Waals surface area contributed by atoms with Gasteiger partial charge in [-0.1, -0.05) is 38.1 Å². The molecule has 11 heteroatoms. The fourth-order valence-corrected chi connectivity index (χ4v) is 5.79. The van der Waals surface area contributed by atoms with E-state index < -0.39 is 32.1 Å². The highest BCUT2D eigenvalue weighted by atomic mass is 32.2. The first-order valence-electron chi connectivity index (χ1n) is 12.1. The summed E-state index contributed by atoms with van der Waals surface area (Å²) in [6.07, 6.45) is 2.06. The van der Waals surface area contributed by atoms with Crippen molar-refractivity contribution in [1.82, 2.24) is 14.5 Å². The molecule has 39 heavy (non-hydrogen) atoms. The number of aryl methyl sites for hydroxylation is 1. The van der Waals surface area contributed by atoms with Gasteiger partial charge in [-0.25, -0.2) is 13.4 Å². The lowest BCUT2D eigenvalue weighted by molar-refractivity contribution is 0.373. The molecule has 9 nitrogen and oxygen atoms in total. The molecule has 0 aliphatic rings. The number of hydrogen-bond acceptors (Lipinski definition) is 8. The quantitative estimate of drug-likeness (QED) is 0.299. The fraction of sp³-hybridized carbons (Fsp3) is 0.250. The van der Waals surface area contributed by atoms with Gasteiger partial charge in [-0.15, -0.1) is 0 Å². The van der Waals surface area contributed by atoms with Crippen LogP contribution in [0, 0.1) is 11.9 Å². The molecule has 2 heterocycles. The van der Waals surface area contributed by atoms with Crippen molar-refractivity contribution in [3.05, 3.63) is 82.9 Å². The second-order valence-electron chi connectivity index (χ2n) is 9.13. The molecule has 0 aliphatic heterocycles. The Hall–Kier alpha value is -4.25. The van der Waals surface area contributed by atoms with Crippen LogP contribution in [0.5, 0.6) is 17.4 Å². The molecule has 0 radical (unpaired) electrons. The summed E-state index contributed by atoms with van der Waals surface area (Å²) in [7, 11) is -1.82. The largest absolute Gasteiger partial charge is 0.494 e. The van der Waals surface area contributed by atoms with E-state index in [1.807, 2.05) is 13.8 Å². The summed E-state index contributed by atoms with van der Waals surface area (Å²) in [6, 6.07) is 13.3. The SMILES string of the molecule is COc1cccc(OC)c1-n1c(CCC(C)C)nc(=O)c(S(=O)(=O)c2ccccc2-c2ccc(F)nc2)c1O. The van der Waals surface area contributed by atoms with Crippen LogP contribution in [0.3, 0.4) is 0 Å². The number of halogens is 1. The highest BCUT2D eigenvalue weighted by Crippen LogP contribution is 2.39. The first-order chi connectivity index (χ1) is 18.6. The molecule has 0 fully saturated rings. The molecule has 4 rings (SSSR count). The number of pyridine rings is 1. The highest BCUT2D eigenvalue weighted by molar-refractivity contribution is 7.91. The normalized spacial score (nSPS) is 11.5. The number of sulfone groups is 1. The predicted molar refractivity (Wildman–Crippen MR) is 143 cm³/mol. The van der Waals surface area contributed by atoms with Gasteiger partial charge in [-0.2, -0.15) is 9.37 Å². The molecule has 0 atom stereocenters. The van der Waals surface area contributed by atoms with Gasteiger partial charge >= 0.3 is 0 Å². The van der Waals surface area contributed by atoms with E-state index >= 15 is 0 Å². The zero-order chi connectivity index (χ0) is 28.3. The lowest BCUT2D eigenvalue weighted by Crippen LogP contribution is -2.25. The van der Waals surface area contributed by atoms with Gasteiger partial charge < -0.3 is 14.6 Å². The smallest absolute Gasteiger partial charge is 0.296 e. The number of rotatable bonds is 9. The molecule has 2 aromatic carbocycles. The van der Waals surface area contributed by atoms with Crippen LogP contribution in [0.1, 0.15) is 26.1 Å². The second kappa shape index (κ2) is 11.2. The van der Waals surface area contributed by atoms with Gasteiger partial charge in [0.2, 0.25) is 21.7 Å². The van der Waals surface area contributed by atoms with Crippen molar-refractivity contribution < 1.29 is 27.4 Å². The molecule has 0 unspecified atom stereocenters. The summed E-state index contributed by atoms with van der Waals surface area (Å²) < 4.78 is 53.7. The standard InChI is InChI=1S/C28H28FN3O6S/c1-17(2)12-15-24-31-27(33)26(28(34)32(24)25-20(37-3)9-7-10-21(25)38-4)39(35,36)22-11-6-5-8-19(22)18-13-14-23(29)30-16-18/h5-11,13-14,16-17,34H,12,15H2,1-4H3. The van der Waals surface area contributed by atoms with Gasteiger partial charge in [-0.3, -0.25) is 9.36 Å². The lowest BCUT2D eigenvalue weighted by atomic mass is 10.1. The number of nitrogens with zero attached hydrogens (tertiary/aromatic N) is 3. The van der Waals surface area contributed by atoms with Gasteiger partial charge in [0.05, 0.1) is 19.1 Å². The van der Waals surface area contributed by atoms with Crippen molar-refractivity contribution >= 4 is 9.84 Å². The monoisotopic (exact) mass is 553 g/mol. The first-order valence-corrected chi connectivity index (χ1v) is 13.6. The Bertz CT molecular complexity index is 1650. The third-order valence-corrected chi connectivity index (χ3v) is 7.98. The van der Waals surface area contributed by atoms with E-state index in [0.29, 0.717) is 12.0 Å². The number of hydrogen-bond donors (Lipinski definition) is 1. The Labute approximate surface area is 225 Å². The van der Waals surface area contributed by atoms with Crippen LogP contribution >= 0.6 is 0 Å². The van der Waals surface area contributed by atoms with Crippen molar-refractivity contribution in [3.8, 4) is 34.2 Å². The second-order valence-corrected chi connectivity index (χ2v) is 11.0. The maximum absolute atomic E-state index is 14.0. The number of aromatic hydroxyl groups is 1. The van der Waals surface area contributed by atoms with Crippen molar-refractivity contribution in [2.24, 2.45) is 5.92 Å². The highest BCUT2D eigenvalue weighted by Gasteiger charge is 2.33. The lowest BCUT2D eigenvalue weighted by Gasteiger charge is -2.21. The van der Waals surface area contributed by atoms with E-state index in [4.69, 9.17) is 9.47 Å². The third-order valence-electron chi connectivity index (χ3n) is 6.15. The Morgan fingerprint density at radius 2 is 1.67 bits per heavy atom. The van der Waals surface area contributed by atoms with E-state index in [1.165, 1.54) is 49.2 Å². The average Bonchev–Trinajstić information content (AvgIpc) is 2.91. The fourth-order valence-electron chi connectivity index (χ4n) is 4.23. The summed E-state index contributed by atoms with van der Waals surface area (Å²) in [6.45, 7) is 3.98. The van der Waals surface area contributed by atoms with Gasteiger partial charge in [0.1, 0.15) is 23.0 Å². The van der Waals surface area contributed by atoms with Gasteiger partial charge in [-0.05, 0) is 42.7 Å². The molecule has 204 valence electrons. The van der Waals surface area contributed by atoms with E-state index in [9.17, 15) is 22.7 Å². The summed E-state index contributed by atoms with van der Waals surface area (Å²) >= 11 is 0. The van der Waals surface area contributed by atoms with Gasteiger partial charge in [0.25, 0.3) is 5.56 Å². The minimum Gasteiger partial charge on any atom is -0.494 e. The maximum atomic E-state index is 14.0. The first kappa shape index (κ1) is 27.8. The minimum absolute atomic E-state index is 0.143. The Morgan fingerprint density at radius 3 is 2.26 bits per heavy atom. The van der Waals surface area contributed by atoms with Crippen LogP contribution in [-0.2, 0) is 16.3 Å².